The van der Waals surface area contributed by atoms with Gasteiger partial charge in [0, 0.05) is 17.8 Å². The van der Waals surface area contributed by atoms with E-state index in [1.165, 1.54) is 0 Å². The smallest absolute Gasteiger partial charge is 0.273 e. The third-order valence-electron chi connectivity index (χ3n) is 6.61. The van der Waals surface area contributed by atoms with Gasteiger partial charge in [0.1, 0.15) is 5.69 Å². The van der Waals surface area contributed by atoms with Crippen molar-refractivity contribution in [2.24, 2.45) is 0 Å². The zero-order valence-electron chi connectivity index (χ0n) is 18.1. The van der Waals surface area contributed by atoms with Crippen LogP contribution in [0.5, 0.6) is 0 Å². The monoisotopic (exact) mass is 462 g/mol. The van der Waals surface area contributed by atoms with Crippen LogP contribution in [0, 0.1) is 0 Å². The number of nitrogens with zero attached hydrogens (tertiary/aromatic N) is 5. The van der Waals surface area contributed by atoms with E-state index in [-0.39, 0.29) is 24.0 Å². The molecule has 4 aromatic rings. The maximum Gasteiger partial charge on any atom is 0.273 e. The van der Waals surface area contributed by atoms with Crippen molar-refractivity contribution in [3.8, 4) is 0 Å². The summed E-state index contributed by atoms with van der Waals surface area (Å²) in [4.78, 5) is 25.0. The fraction of sp³-hybridized carbons (Fsp3) is 0.333. The number of ether oxygens (including phenoxy) is 1. The molecule has 2 saturated heterocycles. The summed E-state index contributed by atoms with van der Waals surface area (Å²) in [5.74, 6) is -0.0718. The molecule has 33 heavy (non-hydrogen) atoms. The Labute approximate surface area is 195 Å². The molecule has 1 amide bonds. The molecule has 168 valence electrons. The zero-order chi connectivity index (χ0) is 22.5. The number of benzene rings is 1. The largest absolute Gasteiger partial charge is 0.377 e. The highest BCUT2D eigenvalue weighted by Gasteiger charge is 2.41. The number of imidazole rings is 1. The summed E-state index contributed by atoms with van der Waals surface area (Å²) in [5.41, 5.74) is 2.74. The number of aromatic nitrogens is 4. The predicted molar refractivity (Wildman–Crippen MR) is 126 cm³/mol. The molecule has 8 nitrogen and oxygen atoms in total. The van der Waals surface area contributed by atoms with Crippen molar-refractivity contribution < 1.29 is 9.53 Å². The minimum absolute atomic E-state index is 0.0718. The number of halogens is 1. The normalized spacial score (nSPS) is 21.0. The number of hydrogen-bond donors (Lipinski definition) is 1. The van der Waals surface area contributed by atoms with Crippen molar-refractivity contribution in [1.29, 1.82) is 0 Å². The standard InChI is InChI=1S/C24H23ClN6O2/c1-14(28-19-7-8-27-30-10-9-26-23(19)30)20-11-15-3-2-4-18(25)21(15)22(29-20)24(32)31-16-5-6-17(31)13-33-12-16/h2-4,7-11,14,16-17,28H,5-6,12-13H2,1H3/t14-,16?,17?/m0/s1. The molecule has 0 spiro atoms. The van der Waals surface area contributed by atoms with Crippen LogP contribution in [-0.4, -0.2) is 55.7 Å². The molecule has 0 radical (unpaired) electrons. The number of anilines is 1. The highest BCUT2D eigenvalue weighted by atomic mass is 35.5. The number of carbonyl (C=O) groups is 1. The van der Waals surface area contributed by atoms with Gasteiger partial charge in [0.05, 0.1) is 53.9 Å². The Balaban J connectivity index is 1.42. The van der Waals surface area contributed by atoms with Gasteiger partial charge in [-0.25, -0.2) is 14.5 Å². The van der Waals surface area contributed by atoms with E-state index in [1.54, 1.807) is 23.1 Å². The van der Waals surface area contributed by atoms with Gasteiger partial charge in [-0.3, -0.25) is 4.79 Å². The second-order valence-electron chi connectivity index (χ2n) is 8.67. The van der Waals surface area contributed by atoms with Crippen LogP contribution < -0.4 is 5.32 Å². The average Bonchev–Trinajstić information content (AvgIpc) is 3.40. The Bertz CT molecular complexity index is 1360. The lowest BCUT2D eigenvalue weighted by Crippen LogP contribution is -2.49. The first-order valence-corrected chi connectivity index (χ1v) is 11.5. The lowest BCUT2D eigenvalue weighted by molar-refractivity contribution is -0.00736. The van der Waals surface area contributed by atoms with E-state index in [9.17, 15) is 4.79 Å². The molecule has 2 aliphatic heterocycles. The van der Waals surface area contributed by atoms with Gasteiger partial charge in [-0.05, 0) is 43.4 Å². The third-order valence-corrected chi connectivity index (χ3v) is 6.93. The van der Waals surface area contributed by atoms with Gasteiger partial charge in [-0.1, -0.05) is 23.7 Å². The molecule has 3 aromatic heterocycles. The van der Waals surface area contributed by atoms with Gasteiger partial charge < -0.3 is 15.0 Å². The van der Waals surface area contributed by atoms with Crippen LogP contribution in [0.25, 0.3) is 16.4 Å². The number of carbonyl (C=O) groups excluding carboxylic acids is 1. The van der Waals surface area contributed by atoms with Crippen LogP contribution in [0.2, 0.25) is 5.02 Å². The van der Waals surface area contributed by atoms with E-state index >= 15 is 0 Å². The second-order valence-corrected chi connectivity index (χ2v) is 9.08. The molecule has 2 bridgehead atoms. The summed E-state index contributed by atoms with van der Waals surface area (Å²) < 4.78 is 7.39. The number of fused-ring (bicyclic) bond motifs is 4. The van der Waals surface area contributed by atoms with Crippen LogP contribution in [0.15, 0.2) is 48.9 Å². The number of amides is 1. The molecule has 0 aliphatic carbocycles. The van der Waals surface area contributed by atoms with E-state index in [0.29, 0.717) is 29.3 Å². The number of nitrogens with one attached hydrogen (secondary N) is 1. The van der Waals surface area contributed by atoms with Crippen molar-refractivity contribution in [2.75, 3.05) is 18.5 Å². The number of rotatable bonds is 4. The van der Waals surface area contributed by atoms with Gasteiger partial charge in [-0.15, -0.1) is 0 Å². The summed E-state index contributed by atoms with van der Waals surface area (Å²) in [6.45, 7) is 3.17. The van der Waals surface area contributed by atoms with Gasteiger partial charge in [0.2, 0.25) is 0 Å². The fourth-order valence-corrected chi connectivity index (χ4v) is 5.27. The number of morpholine rings is 1. The van der Waals surface area contributed by atoms with Crippen molar-refractivity contribution in [3.63, 3.8) is 0 Å². The van der Waals surface area contributed by atoms with Crippen molar-refractivity contribution >= 4 is 39.6 Å². The minimum atomic E-state index is -0.177. The SMILES string of the molecule is C[C@H](Nc1ccnn2ccnc12)c1cc2cccc(Cl)c2c(C(=O)N2C3CCC2COC3)n1. The summed E-state index contributed by atoms with van der Waals surface area (Å²) in [5, 5.41) is 9.87. The summed E-state index contributed by atoms with van der Waals surface area (Å²) in [6, 6.07) is 9.58. The molecule has 5 heterocycles. The van der Waals surface area contributed by atoms with Crippen molar-refractivity contribution in [2.45, 2.75) is 37.9 Å². The molecule has 2 unspecified atom stereocenters. The molecule has 2 aliphatic rings. The Morgan fingerprint density at radius 2 is 2.03 bits per heavy atom. The van der Waals surface area contributed by atoms with E-state index in [4.69, 9.17) is 21.3 Å². The lowest BCUT2D eigenvalue weighted by atomic mass is 10.0. The van der Waals surface area contributed by atoms with E-state index in [1.807, 2.05) is 42.2 Å². The Morgan fingerprint density at radius 3 is 2.85 bits per heavy atom. The molecule has 1 N–H and O–H groups in total. The molecular formula is C24H23ClN6O2. The molecule has 6 rings (SSSR count). The molecular weight excluding hydrogens is 440 g/mol. The van der Waals surface area contributed by atoms with E-state index in [0.717, 1.165) is 35.3 Å². The van der Waals surface area contributed by atoms with Crippen LogP contribution in [0.3, 0.4) is 0 Å². The minimum Gasteiger partial charge on any atom is -0.377 e. The van der Waals surface area contributed by atoms with Crippen molar-refractivity contribution in [1.82, 2.24) is 24.5 Å². The molecule has 3 atom stereocenters. The summed E-state index contributed by atoms with van der Waals surface area (Å²) in [6.07, 6.45) is 7.15. The quantitative estimate of drug-likeness (QED) is 0.491. The molecule has 2 fully saturated rings. The number of pyridine rings is 1. The number of hydrogen-bond acceptors (Lipinski definition) is 6. The zero-order valence-corrected chi connectivity index (χ0v) is 18.9. The maximum absolute atomic E-state index is 13.8. The second kappa shape index (κ2) is 7.97. The molecule has 9 heteroatoms. The van der Waals surface area contributed by atoms with Gasteiger partial charge in [0.15, 0.2) is 5.65 Å². The van der Waals surface area contributed by atoms with Crippen LogP contribution in [0.4, 0.5) is 5.69 Å². The van der Waals surface area contributed by atoms with Gasteiger partial charge >= 0.3 is 0 Å². The highest BCUT2D eigenvalue weighted by Crippen LogP contribution is 2.34. The van der Waals surface area contributed by atoms with E-state index in [2.05, 4.69) is 15.4 Å². The molecule has 0 saturated carbocycles. The maximum atomic E-state index is 13.8. The van der Waals surface area contributed by atoms with Crippen LogP contribution in [-0.2, 0) is 4.74 Å². The fourth-order valence-electron chi connectivity index (χ4n) is 5.00. The van der Waals surface area contributed by atoms with Crippen LogP contribution >= 0.6 is 11.6 Å². The lowest BCUT2D eigenvalue weighted by Gasteiger charge is -2.34. The van der Waals surface area contributed by atoms with E-state index < -0.39 is 0 Å². The summed E-state index contributed by atoms with van der Waals surface area (Å²) >= 11 is 6.58. The third kappa shape index (κ3) is 3.41. The van der Waals surface area contributed by atoms with Crippen molar-refractivity contribution in [3.05, 3.63) is 65.3 Å². The molecule has 1 aromatic carbocycles. The Kier molecular flexibility index (Phi) is 4.92. The summed E-state index contributed by atoms with van der Waals surface area (Å²) in [7, 11) is 0. The van der Waals surface area contributed by atoms with Gasteiger partial charge in [-0.2, -0.15) is 5.10 Å². The Hall–Kier alpha value is -3.23. The van der Waals surface area contributed by atoms with Gasteiger partial charge in [0.25, 0.3) is 5.91 Å². The first kappa shape index (κ1) is 20.4. The first-order chi connectivity index (χ1) is 16.1. The predicted octanol–water partition coefficient (Wildman–Crippen LogP) is 4.11. The highest BCUT2D eigenvalue weighted by molar-refractivity contribution is 6.36. The first-order valence-electron chi connectivity index (χ1n) is 11.1. The average molecular weight is 463 g/mol. The van der Waals surface area contributed by atoms with Crippen LogP contribution in [0.1, 0.15) is 42.0 Å². The Morgan fingerprint density at radius 1 is 1.21 bits per heavy atom. The topological polar surface area (TPSA) is 84.7 Å².